The summed E-state index contributed by atoms with van der Waals surface area (Å²) in [5.74, 6) is 1.86. The molecule has 0 amide bonds. The lowest BCUT2D eigenvalue weighted by molar-refractivity contribution is 0.0980. The molecule has 1 aliphatic carbocycles. The topological polar surface area (TPSA) is 43.7 Å². The zero-order chi connectivity index (χ0) is 23.0. The first-order valence-electron chi connectivity index (χ1n) is 12.9. The van der Waals surface area contributed by atoms with E-state index in [1.807, 2.05) is 6.92 Å². The Balaban J connectivity index is 2.22. The summed E-state index contributed by atoms with van der Waals surface area (Å²) in [6.45, 7) is 13.4. The van der Waals surface area contributed by atoms with E-state index in [-0.39, 0.29) is 12.2 Å². The van der Waals surface area contributed by atoms with Crippen LogP contribution in [-0.2, 0) is 0 Å². The van der Waals surface area contributed by atoms with Crippen molar-refractivity contribution in [1.82, 2.24) is 4.90 Å². The molecule has 31 heavy (non-hydrogen) atoms. The minimum atomic E-state index is -0.316. The summed E-state index contributed by atoms with van der Waals surface area (Å²) < 4.78 is 0. The van der Waals surface area contributed by atoms with Gasteiger partial charge in [-0.25, -0.2) is 0 Å². The molecule has 0 saturated heterocycles. The molecule has 0 aromatic rings. The molecule has 1 saturated carbocycles. The number of rotatable bonds is 10. The number of aliphatic hydroxyl groups excluding tert-OH is 2. The van der Waals surface area contributed by atoms with Crippen molar-refractivity contribution in [2.75, 3.05) is 7.05 Å². The van der Waals surface area contributed by atoms with Crippen LogP contribution in [0.3, 0.4) is 0 Å². The Morgan fingerprint density at radius 3 is 2.23 bits per heavy atom. The third kappa shape index (κ3) is 7.79. The second kappa shape index (κ2) is 12.8. The van der Waals surface area contributed by atoms with E-state index in [1.165, 1.54) is 49.7 Å². The molecule has 2 rings (SSSR count). The van der Waals surface area contributed by atoms with Crippen molar-refractivity contribution in [3.05, 3.63) is 35.6 Å². The van der Waals surface area contributed by atoms with Gasteiger partial charge < -0.3 is 15.1 Å². The number of aliphatic hydroxyl groups is 2. The van der Waals surface area contributed by atoms with Gasteiger partial charge in [-0.15, -0.1) is 0 Å². The first-order chi connectivity index (χ1) is 14.8. The fourth-order valence-corrected chi connectivity index (χ4v) is 5.23. The maximum absolute atomic E-state index is 10.6. The van der Waals surface area contributed by atoms with Crippen molar-refractivity contribution in [3.63, 3.8) is 0 Å². The van der Waals surface area contributed by atoms with Crippen molar-refractivity contribution in [2.45, 2.75) is 117 Å². The number of hydrogen-bond acceptors (Lipinski definition) is 3. The maximum Gasteiger partial charge on any atom is 0.0541 e. The van der Waals surface area contributed by atoms with Gasteiger partial charge in [-0.3, -0.25) is 0 Å². The van der Waals surface area contributed by atoms with Crippen molar-refractivity contribution >= 4 is 0 Å². The molecule has 1 heterocycles. The Hall–Kier alpha value is -1.06. The van der Waals surface area contributed by atoms with Gasteiger partial charge in [0, 0.05) is 18.8 Å². The highest BCUT2D eigenvalue weighted by atomic mass is 16.3. The first kappa shape index (κ1) is 26.2. The number of hydrogen-bond donors (Lipinski definition) is 2. The van der Waals surface area contributed by atoms with Crippen LogP contribution in [0.4, 0.5) is 0 Å². The van der Waals surface area contributed by atoms with Gasteiger partial charge in [0.15, 0.2) is 0 Å². The standard InChI is InChI=1S/C28H49NO2/c1-7-23-13-12-21(4)29(6)22(5)19-25(18-20(23)3)28(24-10-9-11-24)17-16-27(31)15-14-26(30)8-2/h18-19,21,23-24,26-28,30-31H,5,7-17H2,1-4,6H3/b20-18+,25-19+. The molecule has 5 atom stereocenters. The lowest BCUT2D eigenvalue weighted by Gasteiger charge is -2.37. The molecular formula is C28H49NO2. The van der Waals surface area contributed by atoms with Crippen molar-refractivity contribution in [1.29, 1.82) is 0 Å². The largest absolute Gasteiger partial charge is 0.393 e. The van der Waals surface area contributed by atoms with Crippen LogP contribution in [-0.4, -0.2) is 40.4 Å². The molecule has 3 nitrogen and oxygen atoms in total. The summed E-state index contributed by atoms with van der Waals surface area (Å²) in [4.78, 5) is 2.35. The second-order valence-corrected chi connectivity index (χ2v) is 10.3. The zero-order valence-electron chi connectivity index (χ0n) is 20.9. The molecule has 3 heteroatoms. The summed E-state index contributed by atoms with van der Waals surface area (Å²) in [6.07, 6.45) is 15.8. The highest BCUT2D eigenvalue weighted by Gasteiger charge is 2.30. The van der Waals surface area contributed by atoms with Gasteiger partial charge in [0.25, 0.3) is 0 Å². The minimum Gasteiger partial charge on any atom is -0.393 e. The van der Waals surface area contributed by atoms with E-state index in [1.54, 1.807) is 0 Å². The maximum atomic E-state index is 10.6. The van der Waals surface area contributed by atoms with Gasteiger partial charge in [-0.05, 0) is 107 Å². The summed E-state index contributed by atoms with van der Waals surface area (Å²) in [6, 6.07) is 0.499. The van der Waals surface area contributed by atoms with Crippen LogP contribution < -0.4 is 0 Å². The van der Waals surface area contributed by atoms with Crippen LogP contribution >= 0.6 is 0 Å². The molecule has 1 aliphatic heterocycles. The summed E-state index contributed by atoms with van der Waals surface area (Å²) in [7, 11) is 2.18. The molecule has 178 valence electrons. The molecule has 0 spiro atoms. The lowest BCUT2D eigenvalue weighted by Crippen LogP contribution is -2.30. The van der Waals surface area contributed by atoms with E-state index in [2.05, 4.69) is 51.4 Å². The van der Waals surface area contributed by atoms with Crippen LogP contribution in [0.15, 0.2) is 35.6 Å². The Morgan fingerprint density at radius 2 is 1.65 bits per heavy atom. The third-order valence-corrected chi connectivity index (χ3v) is 8.17. The summed E-state index contributed by atoms with van der Waals surface area (Å²) >= 11 is 0. The van der Waals surface area contributed by atoms with Gasteiger partial charge in [0.05, 0.1) is 12.2 Å². The van der Waals surface area contributed by atoms with E-state index < -0.39 is 0 Å². The highest BCUT2D eigenvalue weighted by Crippen LogP contribution is 2.42. The van der Waals surface area contributed by atoms with Crippen LogP contribution in [0.2, 0.25) is 0 Å². The molecule has 0 aromatic carbocycles. The number of allylic oxidation sites excluding steroid dienone is 4. The van der Waals surface area contributed by atoms with Gasteiger partial charge >= 0.3 is 0 Å². The Labute approximate surface area is 192 Å². The predicted molar refractivity (Wildman–Crippen MR) is 133 cm³/mol. The Kier molecular flexibility index (Phi) is 10.9. The monoisotopic (exact) mass is 431 g/mol. The number of nitrogens with zero attached hydrogens (tertiary/aromatic N) is 1. The van der Waals surface area contributed by atoms with E-state index in [0.717, 1.165) is 30.9 Å². The fraction of sp³-hybridized carbons (Fsp3) is 0.786. The minimum absolute atomic E-state index is 0.282. The average Bonchev–Trinajstić information content (AvgIpc) is 2.71. The lowest BCUT2D eigenvalue weighted by atomic mass is 9.70. The average molecular weight is 432 g/mol. The van der Waals surface area contributed by atoms with Crippen molar-refractivity contribution in [2.24, 2.45) is 17.8 Å². The molecule has 1 fully saturated rings. The van der Waals surface area contributed by atoms with Crippen molar-refractivity contribution in [3.8, 4) is 0 Å². The molecule has 0 bridgehead atoms. The van der Waals surface area contributed by atoms with Crippen LogP contribution in [0.1, 0.15) is 98.3 Å². The van der Waals surface area contributed by atoms with Gasteiger partial charge in [-0.2, -0.15) is 0 Å². The third-order valence-electron chi connectivity index (χ3n) is 8.17. The van der Waals surface area contributed by atoms with Gasteiger partial charge in [0.1, 0.15) is 0 Å². The molecule has 2 N–H and O–H groups in total. The first-order valence-corrected chi connectivity index (χ1v) is 12.9. The molecule has 5 unspecified atom stereocenters. The molecule has 0 aromatic heterocycles. The van der Waals surface area contributed by atoms with Crippen LogP contribution in [0.5, 0.6) is 0 Å². The normalized spacial score (nSPS) is 29.9. The highest BCUT2D eigenvalue weighted by molar-refractivity contribution is 5.34. The zero-order valence-corrected chi connectivity index (χ0v) is 20.9. The number of likely N-dealkylation sites (N-methyl/N-ethyl adjacent to an activating group) is 1. The molecule has 0 radical (unpaired) electrons. The predicted octanol–water partition coefficient (Wildman–Crippen LogP) is 6.62. The van der Waals surface area contributed by atoms with Crippen LogP contribution in [0, 0.1) is 17.8 Å². The van der Waals surface area contributed by atoms with E-state index in [9.17, 15) is 10.2 Å². The Bertz CT molecular complexity index is 619. The smallest absolute Gasteiger partial charge is 0.0541 e. The molecule has 2 aliphatic rings. The second-order valence-electron chi connectivity index (χ2n) is 10.3. The van der Waals surface area contributed by atoms with Crippen LogP contribution in [0.25, 0.3) is 0 Å². The van der Waals surface area contributed by atoms with E-state index >= 15 is 0 Å². The van der Waals surface area contributed by atoms with Crippen molar-refractivity contribution < 1.29 is 10.2 Å². The summed E-state index contributed by atoms with van der Waals surface area (Å²) in [5.41, 5.74) is 4.04. The van der Waals surface area contributed by atoms with Gasteiger partial charge in [0.2, 0.25) is 0 Å². The quantitative estimate of drug-likeness (QED) is 0.408. The molecular weight excluding hydrogens is 382 g/mol. The fourth-order valence-electron chi connectivity index (χ4n) is 5.23. The van der Waals surface area contributed by atoms with E-state index in [4.69, 9.17) is 0 Å². The SMILES string of the molecule is C=C1/C=C(C(CCC(O)CCC(O)CC)C2CCC2)\C=C(/C)C(CC)CCC(C)N1C. The van der Waals surface area contributed by atoms with E-state index in [0.29, 0.717) is 30.7 Å². The summed E-state index contributed by atoms with van der Waals surface area (Å²) in [5, 5.41) is 20.4. The Morgan fingerprint density at radius 1 is 1.00 bits per heavy atom. The van der Waals surface area contributed by atoms with Gasteiger partial charge in [-0.1, -0.05) is 38.5 Å².